The third kappa shape index (κ3) is 2.57. The molecule has 4 heteroatoms. The molecule has 4 nitrogen and oxygen atoms in total. The van der Waals surface area contributed by atoms with Crippen LogP contribution in [0.2, 0.25) is 0 Å². The van der Waals surface area contributed by atoms with E-state index in [1.807, 2.05) is 6.92 Å². The van der Waals surface area contributed by atoms with Crippen molar-refractivity contribution in [2.75, 3.05) is 0 Å². The zero-order chi connectivity index (χ0) is 12.3. The molecule has 0 aromatic carbocycles. The van der Waals surface area contributed by atoms with Crippen LogP contribution in [0.15, 0.2) is 12.4 Å². The molecule has 1 unspecified atom stereocenters. The second-order valence-electron chi connectivity index (χ2n) is 4.74. The van der Waals surface area contributed by atoms with Crippen LogP contribution in [0.3, 0.4) is 0 Å². The summed E-state index contributed by atoms with van der Waals surface area (Å²) < 4.78 is 1.79. The summed E-state index contributed by atoms with van der Waals surface area (Å²) in [4.78, 5) is 16.2. The number of carbonyl (C=O) groups excluding carboxylic acids is 1. The minimum Gasteiger partial charge on any atom is -0.385 e. The number of rotatable bonds is 4. The summed E-state index contributed by atoms with van der Waals surface area (Å²) in [6, 6.07) is 0. The maximum Gasteiger partial charge on any atom is 0.226 e. The highest BCUT2D eigenvalue weighted by Gasteiger charge is 2.30. The first-order valence-corrected chi connectivity index (χ1v) is 6.47. The first-order valence-electron chi connectivity index (χ1n) is 6.47. The van der Waals surface area contributed by atoms with Crippen LogP contribution in [-0.4, -0.2) is 26.5 Å². The summed E-state index contributed by atoms with van der Waals surface area (Å²) in [5.41, 5.74) is 0. The van der Waals surface area contributed by atoms with Crippen molar-refractivity contribution in [3.05, 3.63) is 18.2 Å². The van der Waals surface area contributed by atoms with Crippen molar-refractivity contribution >= 4 is 5.78 Å². The van der Waals surface area contributed by atoms with Crippen molar-refractivity contribution in [2.45, 2.75) is 51.7 Å². The standard InChI is InChI=1S/C13H20N2O2/c1-2-15-9-8-14-13(15)12(17)11(16)10-6-4-3-5-7-10/h8-11,16H,2-7H2,1H3. The third-order valence-corrected chi connectivity index (χ3v) is 3.64. The van der Waals surface area contributed by atoms with Crippen LogP contribution in [0.25, 0.3) is 0 Å². The van der Waals surface area contributed by atoms with Gasteiger partial charge >= 0.3 is 0 Å². The van der Waals surface area contributed by atoms with Crippen molar-refractivity contribution in [3.63, 3.8) is 0 Å². The largest absolute Gasteiger partial charge is 0.385 e. The molecule has 0 bridgehead atoms. The molecule has 2 rings (SSSR count). The smallest absolute Gasteiger partial charge is 0.226 e. The first kappa shape index (κ1) is 12.3. The van der Waals surface area contributed by atoms with Gasteiger partial charge in [0.25, 0.3) is 0 Å². The van der Waals surface area contributed by atoms with Crippen molar-refractivity contribution in [2.24, 2.45) is 5.92 Å². The molecule has 1 fully saturated rings. The van der Waals surface area contributed by atoms with E-state index >= 15 is 0 Å². The van der Waals surface area contributed by atoms with Crippen LogP contribution in [0, 0.1) is 5.92 Å². The Balaban J connectivity index is 2.08. The Kier molecular flexibility index (Phi) is 3.94. The Morgan fingerprint density at radius 3 is 2.88 bits per heavy atom. The molecule has 1 heterocycles. The highest BCUT2D eigenvalue weighted by Crippen LogP contribution is 2.27. The fourth-order valence-electron chi connectivity index (χ4n) is 2.59. The van der Waals surface area contributed by atoms with Crippen LogP contribution >= 0.6 is 0 Å². The topological polar surface area (TPSA) is 55.1 Å². The number of aryl methyl sites for hydroxylation is 1. The number of aliphatic hydroxyl groups excluding tert-OH is 1. The van der Waals surface area contributed by atoms with Crippen molar-refractivity contribution in [3.8, 4) is 0 Å². The molecular weight excluding hydrogens is 216 g/mol. The van der Waals surface area contributed by atoms with Gasteiger partial charge in [-0.15, -0.1) is 0 Å². The Morgan fingerprint density at radius 2 is 2.24 bits per heavy atom. The number of imidazole rings is 1. The molecular formula is C13H20N2O2. The van der Waals surface area contributed by atoms with E-state index in [1.165, 1.54) is 6.42 Å². The summed E-state index contributed by atoms with van der Waals surface area (Å²) in [5, 5.41) is 10.1. The number of hydrogen-bond acceptors (Lipinski definition) is 3. The molecule has 1 aromatic heterocycles. The second-order valence-corrected chi connectivity index (χ2v) is 4.74. The molecule has 1 saturated carbocycles. The van der Waals surface area contributed by atoms with Gasteiger partial charge in [0.1, 0.15) is 6.10 Å². The van der Waals surface area contributed by atoms with Gasteiger partial charge in [-0.3, -0.25) is 4.79 Å². The number of hydrogen-bond donors (Lipinski definition) is 1. The van der Waals surface area contributed by atoms with Gasteiger partial charge in [-0.25, -0.2) is 4.98 Å². The molecule has 1 atom stereocenters. The molecule has 1 aromatic rings. The molecule has 1 aliphatic carbocycles. The molecule has 0 saturated heterocycles. The predicted molar refractivity (Wildman–Crippen MR) is 64.8 cm³/mol. The second kappa shape index (κ2) is 5.45. The number of aliphatic hydroxyl groups is 1. The summed E-state index contributed by atoms with van der Waals surface area (Å²) in [6.07, 6.45) is 7.91. The first-order chi connectivity index (χ1) is 8.24. The summed E-state index contributed by atoms with van der Waals surface area (Å²) >= 11 is 0. The minimum absolute atomic E-state index is 0.123. The van der Waals surface area contributed by atoms with Crippen LogP contribution in [0.1, 0.15) is 49.6 Å². The zero-order valence-corrected chi connectivity index (χ0v) is 10.3. The van der Waals surface area contributed by atoms with Crippen LogP contribution in [0.5, 0.6) is 0 Å². The lowest BCUT2D eigenvalue weighted by atomic mass is 9.83. The summed E-state index contributed by atoms with van der Waals surface area (Å²) in [7, 11) is 0. The number of Topliss-reactive ketones (excluding diaryl/α,β-unsaturated/α-hetero) is 1. The normalized spacial score (nSPS) is 19.2. The average molecular weight is 236 g/mol. The Morgan fingerprint density at radius 1 is 1.53 bits per heavy atom. The molecule has 17 heavy (non-hydrogen) atoms. The molecule has 0 spiro atoms. The zero-order valence-electron chi connectivity index (χ0n) is 10.3. The van der Waals surface area contributed by atoms with Gasteiger partial charge in [0, 0.05) is 18.9 Å². The number of nitrogens with zero attached hydrogens (tertiary/aromatic N) is 2. The summed E-state index contributed by atoms with van der Waals surface area (Å²) in [5.74, 6) is 0.299. The minimum atomic E-state index is -0.872. The Labute approximate surface area is 102 Å². The maximum atomic E-state index is 12.2. The molecule has 1 aliphatic rings. The summed E-state index contributed by atoms with van der Waals surface area (Å²) in [6.45, 7) is 2.67. The van der Waals surface area contributed by atoms with Gasteiger partial charge in [0.05, 0.1) is 0 Å². The predicted octanol–water partition coefficient (Wildman–Crippen LogP) is 2.03. The van der Waals surface area contributed by atoms with E-state index in [1.54, 1.807) is 17.0 Å². The van der Waals surface area contributed by atoms with E-state index in [0.717, 1.165) is 25.7 Å². The fraction of sp³-hybridized carbons (Fsp3) is 0.692. The highest BCUT2D eigenvalue weighted by atomic mass is 16.3. The van der Waals surface area contributed by atoms with E-state index in [0.29, 0.717) is 12.4 Å². The number of ketones is 1. The van der Waals surface area contributed by atoms with Gasteiger partial charge in [-0.2, -0.15) is 0 Å². The van der Waals surface area contributed by atoms with Gasteiger partial charge in [-0.05, 0) is 25.7 Å². The van der Waals surface area contributed by atoms with Crippen LogP contribution < -0.4 is 0 Å². The lowest BCUT2D eigenvalue weighted by Gasteiger charge is -2.25. The molecule has 0 radical (unpaired) electrons. The Hall–Kier alpha value is -1.16. The average Bonchev–Trinajstić information content (AvgIpc) is 2.86. The van der Waals surface area contributed by atoms with E-state index < -0.39 is 6.10 Å². The van der Waals surface area contributed by atoms with Crippen LogP contribution in [0.4, 0.5) is 0 Å². The molecule has 1 N–H and O–H groups in total. The quantitative estimate of drug-likeness (QED) is 0.814. The van der Waals surface area contributed by atoms with Gasteiger partial charge in [0.2, 0.25) is 5.78 Å². The van der Waals surface area contributed by atoms with Gasteiger partial charge in [-0.1, -0.05) is 19.3 Å². The van der Waals surface area contributed by atoms with Crippen molar-refractivity contribution in [1.82, 2.24) is 9.55 Å². The van der Waals surface area contributed by atoms with E-state index in [-0.39, 0.29) is 11.7 Å². The highest BCUT2D eigenvalue weighted by molar-refractivity contribution is 5.96. The fourth-order valence-corrected chi connectivity index (χ4v) is 2.59. The lowest BCUT2D eigenvalue weighted by Crippen LogP contribution is -2.32. The molecule has 0 aliphatic heterocycles. The monoisotopic (exact) mass is 236 g/mol. The van der Waals surface area contributed by atoms with Crippen molar-refractivity contribution < 1.29 is 9.90 Å². The molecule has 94 valence electrons. The maximum absolute atomic E-state index is 12.2. The SMILES string of the molecule is CCn1ccnc1C(=O)C(O)C1CCCCC1. The number of aromatic nitrogens is 2. The van der Waals surface area contributed by atoms with E-state index in [4.69, 9.17) is 0 Å². The number of carbonyl (C=O) groups is 1. The Bertz CT molecular complexity index is 381. The lowest BCUT2D eigenvalue weighted by molar-refractivity contribution is 0.0520. The van der Waals surface area contributed by atoms with Crippen molar-refractivity contribution in [1.29, 1.82) is 0 Å². The third-order valence-electron chi connectivity index (χ3n) is 3.64. The van der Waals surface area contributed by atoms with E-state index in [2.05, 4.69) is 4.98 Å². The molecule has 0 amide bonds. The van der Waals surface area contributed by atoms with E-state index in [9.17, 15) is 9.90 Å². The van der Waals surface area contributed by atoms with Crippen LogP contribution in [-0.2, 0) is 6.54 Å². The van der Waals surface area contributed by atoms with Gasteiger partial charge in [0.15, 0.2) is 5.82 Å². The van der Waals surface area contributed by atoms with Gasteiger partial charge < -0.3 is 9.67 Å².